The molecule has 0 unspecified atom stereocenters. The molecule has 0 radical (unpaired) electrons. The Balaban J connectivity index is 1.77. The van der Waals surface area contributed by atoms with Crippen LogP contribution in [0.1, 0.15) is 18.4 Å². The molecule has 5 heteroatoms. The Hall–Kier alpha value is -0.910. The number of benzene rings is 1. The van der Waals surface area contributed by atoms with Gasteiger partial charge in [-0.05, 0) is 18.4 Å². The highest BCUT2D eigenvalue weighted by molar-refractivity contribution is 7.89. The predicted molar refractivity (Wildman–Crippen MR) is 70.6 cm³/mol. The third kappa shape index (κ3) is 2.91. The van der Waals surface area contributed by atoms with Crippen molar-refractivity contribution in [3.8, 4) is 0 Å². The highest BCUT2D eigenvalue weighted by atomic mass is 32.2. The van der Waals surface area contributed by atoms with E-state index in [1.807, 2.05) is 30.3 Å². The third-order valence-electron chi connectivity index (χ3n) is 3.31. The summed E-state index contributed by atoms with van der Waals surface area (Å²) in [5, 5.41) is -0.270. The van der Waals surface area contributed by atoms with Crippen LogP contribution in [-0.2, 0) is 21.4 Å². The number of rotatable bonds is 5. The molecule has 0 saturated heterocycles. The summed E-state index contributed by atoms with van der Waals surface area (Å²) in [6, 6.07) is 9.92. The number of ether oxygens (including phenoxy) is 1. The average Bonchev–Trinajstić information content (AvgIpc) is 2.27. The summed E-state index contributed by atoms with van der Waals surface area (Å²) in [6.45, 7) is 0.556. The lowest BCUT2D eigenvalue weighted by Crippen LogP contribution is -2.45. The summed E-state index contributed by atoms with van der Waals surface area (Å²) >= 11 is 0. The minimum Gasteiger partial charge on any atom is -0.373 e. The molecule has 100 valence electrons. The van der Waals surface area contributed by atoms with Crippen LogP contribution in [0.2, 0.25) is 0 Å². The monoisotopic (exact) mass is 269 g/mol. The fourth-order valence-electron chi connectivity index (χ4n) is 1.98. The molecule has 2 rings (SSSR count). The zero-order valence-electron chi connectivity index (χ0n) is 10.7. The van der Waals surface area contributed by atoms with Crippen LogP contribution < -0.4 is 0 Å². The highest BCUT2D eigenvalue weighted by Gasteiger charge is 2.40. The smallest absolute Gasteiger partial charge is 0.216 e. The molecule has 1 aromatic carbocycles. The van der Waals surface area contributed by atoms with Gasteiger partial charge in [-0.25, -0.2) is 12.7 Å². The van der Waals surface area contributed by atoms with Crippen LogP contribution in [0.5, 0.6) is 0 Å². The number of hydrogen-bond acceptors (Lipinski definition) is 3. The largest absolute Gasteiger partial charge is 0.373 e. The van der Waals surface area contributed by atoms with E-state index in [0.29, 0.717) is 19.4 Å². The number of nitrogens with zero attached hydrogens (tertiary/aromatic N) is 1. The Morgan fingerprint density at radius 2 is 1.83 bits per heavy atom. The van der Waals surface area contributed by atoms with E-state index < -0.39 is 10.0 Å². The first-order chi connectivity index (χ1) is 8.50. The molecule has 0 atom stereocenters. The van der Waals surface area contributed by atoms with Crippen molar-refractivity contribution in [3.63, 3.8) is 0 Å². The van der Waals surface area contributed by atoms with Crippen LogP contribution in [0.25, 0.3) is 0 Å². The summed E-state index contributed by atoms with van der Waals surface area (Å²) in [5.74, 6) is 0. The molecule has 1 aliphatic rings. The van der Waals surface area contributed by atoms with Crippen LogP contribution in [0.3, 0.4) is 0 Å². The molecule has 0 amide bonds. The summed E-state index contributed by atoms with van der Waals surface area (Å²) < 4.78 is 30.6. The highest BCUT2D eigenvalue weighted by Crippen LogP contribution is 2.31. The molecular formula is C13H19NO3S. The number of sulfonamides is 1. The van der Waals surface area contributed by atoms with Gasteiger partial charge in [0.25, 0.3) is 0 Å². The Kier molecular flexibility index (Phi) is 4.04. The van der Waals surface area contributed by atoms with Gasteiger partial charge in [0.05, 0.1) is 18.0 Å². The maximum Gasteiger partial charge on any atom is 0.216 e. The van der Waals surface area contributed by atoms with E-state index in [2.05, 4.69) is 0 Å². The van der Waals surface area contributed by atoms with E-state index >= 15 is 0 Å². The molecule has 0 aliphatic heterocycles. The fraction of sp³-hybridized carbons (Fsp3) is 0.538. The van der Waals surface area contributed by atoms with Gasteiger partial charge in [0.2, 0.25) is 10.0 Å². The lowest BCUT2D eigenvalue weighted by atomic mass is 9.95. The normalized spacial score (nSPS) is 23.9. The van der Waals surface area contributed by atoms with Crippen LogP contribution >= 0.6 is 0 Å². The summed E-state index contributed by atoms with van der Waals surface area (Å²) in [6.07, 6.45) is 1.28. The molecule has 1 saturated carbocycles. The van der Waals surface area contributed by atoms with Gasteiger partial charge in [0.15, 0.2) is 0 Å². The van der Waals surface area contributed by atoms with Crippen LogP contribution in [0.15, 0.2) is 30.3 Å². The van der Waals surface area contributed by atoms with E-state index in [1.54, 1.807) is 14.1 Å². The Bertz CT molecular complexity index is 478. The molecule has 0 N–H and O–H groups in total. The molecule has 1 fully saturated rings. The van der Waals surface area contributed by atoms with Gasteiger partial charge in [-0.1, -0.05) is 30.3 Å². The Labute approximate surface area is 109 Å². The van der Waals surface area contributed by atoms with Crippen molar-refractivity contribution in [1.29, 1.82) is 0 Å². The lowest BCUT2D eigenvalue weighted by Gasteiger charge is -2.35. The average molecular weight is 269 g/mol. The first-order valence-electron chi connectivity index (χ1n) is 6.07. The zero-order valence-corrected chi connectivity index (χ0v) is 11.6. The van der Waals surface area contributed by atoms with E-state index in [0.717, 1.165) is 5.56 Å². The third-order valence-corrected chi connectivity index (χ3v) is 5.56. The summed E-state index contributed by atoms with van der Waals surface area (Å²) in [4.78, 5) is 0. The summed E-state index contributed by atoms with van der Waals surface area (Å²) in [7, 11) is 0.0511. The van der Waals surface area contributed by atoms with E-state index in [9.17, 15) is 8.42 Å². The van der Waals surface area contributed by atoms with Crippen LogP contribution in [0, 0.1) is 0 Å². The molecule has 0 aromatic heterocycles. The Morgan fingerprint density at radius 3 is 2.39 bits per heavy atom. The molecule has 1 aromatic rings. The molecular weight excluding hydrogens is 250 g/mol. The maximum absolute atomic E-state index is 11.8. The minimum absolute atomic E-state index is 0.0740. The van der Waals surface area contributed by atoms with Crippen molar-refractivity contribution < 1.29 is 13.2 Å². The second-order valence-corrected chi connectivity index (χ2v) is 7.27. The van der Waals surface area contributed by atoms with Gasteiger partial charge in [-0.15, -0.1) is 0 Å². The second-order valence-electron chi connectivity index (χ2n) is 4.84. The van der Waals surface area contributed by atoms with Crippen molar-refractivity contribution in [2.24, 2.45) is 0 Å². The van der Waals surface area contributed by atoms with E-state index in [-0.39, 0.29) is 11.4 Å². The van der Waals surface area contributed by atoms with E-state index in [1.165, 1.54) is 4.31 Å². The Morgan fingerprint density at radius 1 is 1.22 bits per heavy atom. The van der Waals surface area contributed by atoms with Crippen molar-refractivity contribution >= 4 is 10.0 Å². The van der Waals surface area contributed by atoms with Crippen molar-refractivity contribution in [3.05, 3.63) is 35.9 Å². The van der Waals surface area contributed by atoms with Crippen molar-refractivity contribution in [2.45, 2.75) is 30.8 Å². The number of hydrogen-bond donors (Lipinski definition) is 0. The molecule has 18 heavy (non-hydrogen) atoms. The van der Waals surface area contributed by atoms with Gasteiger partial charge in [-0.3, -0.25) is 0 Å². The van der Waals surface area contributed by atoms with Gasteiger partial charge in [0.1, 0.15) is 0 Å². The summed E-state index contributed by atoms with van der Waals surface area (Å²) in [5.41, 5.74) is 1.12. The van der Waals surface area contributed by atoms with E-state index in [4.69, 9.17) is 4.74 Å². The molecule has 0 heterocycles. The van der Waals surface area contributed by atoms with Crippen LogP contribution in [-0.4, -0.2) is 38.2 Å². The maximum atomic E-state index is 11.8. The zero-order chi connectivity index (χ0) is 13.2. The standard InChI is InChI=1S/C13H19NO3S/c1-14(2)18(15,16)13-8-12(9-13)17-10-11-6-4-3-5-7-11/h3-7,12-13H,8-10H2,1-2H3. The SMILES string of the molecule is CN(C)S(=O)(=O)C1CC(OCc2ccccc2)C1. The van der Waals surface area contributed by atoms with Crippen molar-refractivity contribution in [2.75, 3.05) is 14.1 Å². The first kappa shape index (κ1) is 13.5. The first-order valence-corrected chi connectivity index (χ1v) is 7.57. The topological polar surface area (TPSA) is 46.6 Å². The van der Waals surface area contributed by atoms with Gasteiger partial charge >= 0.3 is 0 Å². The second kappa shape index (κ2) is 5.38. The lowest BCUT2D eigenvalue weighted by molar-refractivity contribution is -0.00714. The fourth-order valence-corrected chi connectivity index (χ4v) is 3.50. The van der Waals surface area contributed by atoms with Gasteiger partial charge in [-0.2, -0.15) is 0 Å². The molecule has 0 spiro atoms. The quantitative estimate of drug-likeness (QED) is 0.816. The molecule has 4 nitrogen and oxygen atoms in total. The minimum atomic E-state index is -3.10. The molecule has 0 bridgehead atoms. The van der Waals surface area contributed by atoms with Crippen LogP contribution in [0.4, 0.5) is 0 Å². The van der Waals surface area contributed by atoms with Gasteiger partial charge in [0, 0.05) is 14.1 Å². The van der Waals surface area contributed by atoms with Crippen molar-refractivity contribution in [1.82, 2.24) is 4.31 Å². The predicted octanol–water partition coefficient (Wildman–Crippen LogP) is 1.63. The molecule has 1 aliphatic carbocycles. The van der Waals surface area contributed by atoms with Gasteiger partial charge < -0.3 is 4.74 Å².